The molecule has 2 aromatic rings. The van der Waals surface area contributed by atoms with Crippen LogP contribution in [0.3, 0.4) is 0 Å². The number of carbonyl (C=O) groups excluding carboxylic acids is 4. The van der Waals surface area contributed by atoms with Gasteiger partial charge in [0.05, 0.1) is 36.4 Å². The molecule has 0 aliphatic carbocycles. The van der Waals surface area contributed by atoms with Crippen molar-refractivity contribution < 1.29 is 34.1 Å². The molecule has 0 aromatic heterocycles. The zero-order valence-electron chi connectivity index (χ0n) is 20.3. The summed E-state index contributed by atoms with van der Waals surface area (Å²) in [7, 11) is 0. The molecular weight excluding hydrogens is 390 g/mol. The zero-order valence-corrected chi connectivity index (χ0v) is 16.3. The largest absolute Gasteiger partial charge is 0.450 e. The van der Waals surface area contributed by atoms with Crippen molar-refractivity contribution in [3.63, 3.8) is 0 Å². The van der Waals surface area contributed by atoms with Gasteiger partial charge in [-0.05, 0) is 49.7 Å². The Balaban J connectivity index is 2.00. The van der Waals surface area contributed by atoms with Gasteiger partial charge in [0, 0.05) is 11.4 Å². The van der Waals surface area contributed by atoms with E-state index in [9.17, 15) is 19.2 Å². The van der Waals surface area contributed by atoms with E-state index in [1.807, 2.05) is 0 Å². The Morgan fingerprint density at radius 3 is 2.10 bits per heavy atom. The van der Waals surface area contributed by atoms with Gasteiger partial charge in [0.2, 0.25) is 0 Å². The van der Waals surface area contributed by atoms with Crippen LogP contribution in [0.5, 0.6) is 0 Å². The van der Waals surface area contributed by atoms with E-state index < -0.39 is 65.8 Å². The van der Waals surface area contributed by atoms with Crippen molar-refractivity contribution in [3.8, 4) is 0 Å². The van der Waals surface area contributed by atoms with Gasteiger partial charge in [-0.1, -0.05) is 12.1 Å². The normalized spacial score (nSPS) is 14.3. The van der Waals surface area contributed by atoms with Crippen molar-refractivity contribution in [1.82, 2.24) is 4.90 Å². The van der Waals surface area contributed by atoms with Gasteiger partial charge in [0.25, 0.3) is 11.8 Å². The summed E-state index contributed by atoms with van der Waals surface area (Å²) in [5.74, 6) is -1.81. The van der Waals surface area contributed by atoms with Gasteiger partial charge in [-0.25, -0.2) is 9.59 Å². The second kappa shape index (κ2) is 9.08. The van der Waals surface area contributed by atoms with Crippen molar-refractivity contribution in [2.75, 3.05) is 23.8 Å². The number of nitrogens with zero attached hydrogens (tertiary/aromatic N) is 1. The molecule has 9 heteroatoms. The van der Waals surface area contributed by atoms with Crippen LogP contribution >= 0.6 is 0 Å². The smallest absolute Gasteiger partial charge is 0.411 e. The number of hydrogen-bond acceptors (Lipinski definition) is 6. The summed E-state index contributed by atoms with van der Waals surface area (Å²) in [4.78, 5) is 50.5. The second-order valence-electron chi connectivity index (χ2n) is 6.01. The summed E-state index contributed by atoms with van der Waals surface area (Å²) in [6.07, 6.45) is -1.51. The quantitative estimate of drug-likeness (QED) is 0.697. The summed E-state index contributed by atoms with van der Waals surface area (Å²) < 4.78 is 41.3. The summed E-state index contributed by atoms with van der Waals surface area (Å²) in [6, 6.07) is 1.83. The van der Waals surface area contributed by atoms with Crippen LogP contribution in [0.1, 0.15) is 45.6 Å². The molecule has 0 atom stereocenters. The van der Waals surface area contributed by atoms with Gasteiger partial charge in [-0.2, -0.15) is 0 Å². The van der Waals surface area contributed by atoms with E-state index in [0.29, 0.717) is 0 Å². The molecule has 1 aliphatic heterocycles. The van der Waals surface area contributed by atoms with E-state index in [1.54, 1.807) is 13.8 Å². The third-order valence-corrected chi connectivity index (χ3v) is 4.07. The van der Waals surface area contributed by atoms with Crippen LogP contribution in [0.25, 0.3) is 0 Å². The fraction of sp³-hybridized carbons (Fsp3) is 0.238. The predicted octanol–water partition coefficient (Wildman–Crippen LogP) is 3.62. The Labute approximate surface area is 178 Å². The molecule has 9 nitrogen and oxygen atoms in total. The van der Waals surface area contributed by atoms with Crippen molar-refractivity contribution in [1.29, 1.82) is 0 Å². The number of benzene rings is 2. The number of hydrogen-bond donors (Lipinski definition) is 2. The van der Waals surface area contributed by atoms with Crippen molar-refractivity contribution >= 4 is 35.4 Å². The number of amides is 4. The standard InChI is InChI=1S/C21H21N3O6/c1-3-29-20(27)22-14-9-10-17(23-21(28)30-4-2)13(11-14)12-24-18(25)15-7-5-6-8-16(15)19(24)26/h5-11H,3-4,12H2,1-2H3,(H,22,27)(H,23,28)/i5D,6D,7D,8D. The Morgan fingerprint density at radius 1 is 0.967 bits per heavy atom. The van der Waals surface area contributed by atoms with Crippen molar-refractivity contribution in [2.45, 2.75) is 20.4 Å². The number of nitrogens with one attached hydrogen (secondary N) is 2. The number of fused-ring (bicyclic) bond motifs is 1. The van der Waals surface area contributed by atoms with Crippen molar-refractivity contribution in [3.05, 3.63) is 59.1 Å². The Kier molecular flexibility index (Phi) is 4.83. The van der Waals surface area contributed by atoms with Crippen LogP contribution < -0.4 is 10.6 Å². The molecular formula is C21H21N3O6. The molecule has 0 unspecified atom stereocenters. The van der Waals surface area contributed by atoms with E-state index in [-0.39, 0.29) is 30.2 Å². The third kappa shape index (κ3) is 4.40. The van der Waals surface area contributed by atoms with Gasteiger partial charge in [0.15, 0.2) is 0 Å². The Hall–Kier alpha value is -3.88. The molecule has 4 amide bonds. The molecule has 0 saturated heterocycles. The van der Waals surface area contributed by atoms with E-state index in [1.165, 1.54) is 18.2 Å². The molecule has 2 N–H and O–H groups in total. The molecule has 0 radical (unpaired) electrons. The van der Waals surface area contributed by atoms with E-state index in [4.69, 9.17) is 15.0 Å². The molecule has 3 rings (SSSR count). The molecule has 156 valence electrons. The molecule has 0 saturated carbocycles. The number of imide groups is 1. The zero-order chi connectivity index (χ0) is 25.2. The SMILES string of the molecule is [2H]c1c([2H])c([2H])c2c(c1[2H])C(=O)N(Cc1cc(NC(=O)OCC)ccc1NC(=O)OCC)C2=O. The highest BCUT2D eigenvalue weighted by molar-refractivity contribution is 6.21. The summed E-state index contributed by atoms with van der Waals surface area (Å²) >= 11 is 0. The molecule has 0 spiro atoms. The van der Waals surface area contributed by atoms with E-state index >= 15 is 0 Å². The maximum Gasteiger partial charge on any atom is 0.411 e. The number of ether oxygens (including phenoxy) is 2. The van der Waals surface area contributed by atoms with E-state index in [0.717, 1.165) is 4.90 Å². The fourth-order valence-corrected chi connectivity index (χ4v) is 2.80. The van der Waals surface area contributed by atoms with Crippen LogP contribution in [-0.2, 0) is 16.0 Å². The third-order valence-electron chi connectivity index (χ3n) is 4.07. The Morgan fingerprint density at radius 2 is 1.53 bits per heavy atom. The Bertz CT molecular complexity index is 1160. The summed E-state index contributed by atoms with van der Waals surface area (Å²) in [6.45, 7) is 3.09. The van der Waals surface area contributed by atoms with Crippen LogP contribution in [0.4, 0.5) is 21.0 Å². The minimum Gasteiger partial charge on any atom is -0.450 e. The minimum atomic E-state index is -0.905. The lowest BCUT2D eigenvalue weighted by Crippen LogP contribution is -2.30. The minimum absolute atomic E-state index is 0.103. The predicted molar refractivity (Wildman–Crippen MR) is 108 cm³/mol. The molecule has 0 bridgehead atoms. The molecule has 30 heavy (non-hydrogen) atoms. The highest BCUT2D eigenvalue weighted by Crippen LogP contribution is 2.28. The van der Waals surface area contributed by atoms with Gasteiger partial charge in [-0.15, -0.1) is 0 Å². The van der Waals surface area contributed by atoms with Gasteiger partial charge >= 0.3 is 12.2 Å². The van der Waals surface area contributed by atoms with Crippen LogP contribution in [0.15, 0.2) is 42.4 Å². The average Bonchev–Trinajstić information content (AvgIpc) is 3.03. The number of anilines is 2. The lowest BCUT2D eigenvalue weighted by Gasteiger charge is -2.18. The summed E-state index contributed by atoms with van der Waals surface area (Å²) in [5.41, 5.74) is -0.173. The maximum atomic E-state index is 13.0. The lowest BCUT2D eigenvalue weighted by molar-refractivity contribution is 0.0642. The topological polar surface area (TPSA) is 114 Å². The van der Waals surface area contributed by atoms with Crippen LogP contribution in [-0.4, -0.2) is 42.1 Å². The highest BCUT2D eigenvalue weighted by atomic mass is 16.6. The average molecular weight is 415 g/mol. The molecule has 1 heterocycles. The van der Waals surface area contributed by atoms with E-state index in [2.05, 4.69) is 10.6 Å². The monoisotopic (exact) mass is 415 g/mol. The van der Waals surface area contributed by atoms with Gasteiger partial charge in [0.1, 0.15) is 0 Å². The first-order valence-electron chi connectivity index (χ1n) is 11.1. The lowest BCUT2D eigenvalue weighted by atomic mass is 10.1. The molecule has 0 fully saturated rings. The van der Waals surface area contributed by atoms with Crippen LogP contribution in [0, 0.1) is 0 Å². The first-order chi connectivity index (χ1) is 16.1. The molecule has 1 aliphatic rings. The number of rotatable bonds is 6. The molecule has 2 aromatic carbocycles. The first-order valence-corrected chi connectivity index (χ1v) is 9.07. The highest BCUT2D eigenvalue weighted by Gasteiger charge is 2.35. The van der Waals surface area contributed by atoms with Crippen LogP contribution in [0.2, 0.25) is 0 Å². The fourth-order valence-electron chi connectivity index (χ4n) is 2.80. The first kappa shape index (κ1) is 16.0. The van der Waals surface area contributed by atoms with Gasteiger partial charge < -0.3 is 9.47 Å². The van der Waals surface area contributed by atoms with Gasteiger partial charge in [-0.3, -0.25) is 25.1 Å². The second-order valence-corrected chi connectivity index (χ2v) is 6.01. The summed E-state index contributed by atoms with van der Waals surface area (Å²) in [5, 5.41) is 4.98. The van der Waals surface area contributed by atoms with Crippen molar-refractivity contribution in [2.24, 2.45) is 0 Å². The maximum absolute atomic E-state index is 13.0. The number of carbonyl (C=O) groups is 4.